The smallest absolute Gasteiger partial charge is 0.214 e. The maximum atomic E-state index is 12.7. The van der Waals surface area contributed by atoms with Crippen molar-refractivity contribution >= 4 is 17.5 Å². The molecule has 0 radical (unpaired) electrons. The number of aryl methyl sites for hydroxylation is 2. The number of nitrogens with zero attached hydrogens (tertiary/aromatic N) is 4. The van der Waals surface area contributed by atoms with Gasteiger partial charge in [0.1, 0.15) is 0 Å². The molecule has 1 aromatic heterocycles. The first-order valence-corrected chi connectivity index (χ1v) is 9.33. The molecule has 0 fully saturated rings. The Morgan fingerprint density at radius 2 is 1.88 bits per heavy atom. The standard InChI is InChI=1S/C19H20N4OS/c1-3-14-10-11-15(4-2)17(12-14)18(24)13-25-19-20-21-22-23(19)16-8-6-5-7-9-16/h5-12H,3-4,13H2,1-2H3. The number of tetrazole rings is 1. The molecule has 0 atom stereocenters. The first-order valence-electron chi connectivity index (χ1n) is 8.34. The van der Waals surface area contributed by atoms with Crippen LogP contribution >= 0.6 is 11.8 Å². The molecule has 0 amide bonds. The van der Waals surface area contributed by atoms with Gasteiger partial charge in [-0.25, -0.2) is 0 Å². The summed E-state index contributed by atoms with van der Waals surface area (Å²) in [5, 5.41) is 12.4. The summed E-state index contributed by atoms with van der Waals surface area (Å²) in [5.74, 6) is 0.424. The molecule has 0 unspecified atom stereocenters. The molecule has 6 heteroatoms. The number of carbonyl (C=O) groups is 1. The van der Waals surface area contributed by atoms with E-state index in [1.165, 1.54) is 17.3 Å². The van der Waals surface area contributed by atoms with Crippen molar-refractivity contribution in [3.8, 4) is 5.69 Å². The summed E-state index contributed by atoms with van der Waals surface area (Å²) in [6.45, 7) is 4.17. The largest absolute Gasteiger partial charge is 0.293 e. The summed E-state index contributed by atoms with van der Waals surface area (Å²) >= 11 is 1.36. The molecule has 5 nitrogen and oxygen atoms in total. The zero-order chi connectivity index (χ0) is 17.6. The van der Waals surface area contributed by atoms with E-state index in [1.807, 2.05) is 36.4 Å². The van der Waals surface area contributed by atoms with Gasteiger partial charge in [-0.15, -0.1) is 5.10 Å². The van der Waals surface area contributed by atoms with Crippen LogP contribution < -0.4 is 0 Å². The summed E-state index contributed by atoms with van der Waals surface area (Å²) in [5.41, 5.74) is 3.96. The van der Waals surface area contributed by atoms with Crippen molar-refractivity contribution in [1.29, 1.82) is 0 Å². The minimum absolute atomic E-state index is 0.111. The van der Waals surface area contributed by atoms with E-state index in [4.69, 9.17) is 0 Å². The highest BCUT2D eigenvalue weighted by Crippen LogP contribution is 2.21. The van der Waals surface area contributed by atoms with Crippen LogP contribution in [0.5, 0.6) is 0 Å². The van der Waals surface area contributed by atoms with E-state index in [2.05, 4.69) is 41.5 Å². The lowest BCUT2D eigenvalue weighted by Gasteiger charge is -2.09. The molecule has 0 spiro atoms. The van der Waals surface area contributed by atoms with Crippen molar-refractivity contribution in [3.05, 3.63) is 65.2 Å². The van der Waals surface area contributed by atoms with Crippen LogP contribution in [0.15, 0.2) is 53.7 Å². The number of hydrogen-bond donors (Lipinski definition) is 0. The van der Waals surface area contributed by atoms with Gasteiger partial charge in [0, 0.05) is 5.56 Å². The molecule has 0 aliphatic rings. The Hall–Kier alpha value is -2.47. The van der Waals surface area contributed by atoms with E-state index in [0.29, 0.717) is 10.9 Å². The molecular weight excluding hydrogens is 332 g/mol. The Kier molecular flexibility index (Phi) is 5.60. The number of Topliss-reactive ketones (excluding diaryl/α,β-unsaturated/α-hetero) is 1. The van der Waals surface area contributed by atoms with Crippen LogP contribution in [0.3, 0.4) is 0 Å². The van der Waals surface area contributed by atoms with Gasteiger partial charge in [0.15, 0.2) is 5.78 Å². The van der Waals surface area contributed by atoms with Gasteiger partial charge in [-0.2, -0.15) is 4.68 Å². The highest BCUT2D eigenvalue weighted by molar-refractivity contribution is 7.99. The average molecular weight is 352 g/mol. The van der Waals surface area contributed by atoms with E-state index in [9.17, 15) is 4.79 Å². The molecule has 25 heavy (non-hydrogen) atoms. The molecule has 3 rings (SSSR count). The van der Waals surface area contributed by atoms with Crippen molar-refractivity contribution in [2.45, 2.75) is 31.8 Å². The fourth-order valence-electron chi connectivity index (χ4n) is 2.62. The molecule has 1 heterocycles. The van der Waals surface area contributed by atoms with Gasteiger partial charge in [-0.1, -0.05) is 55.9 Å². The molecule has 0 bridgehead atoms. The van der Waals surface area contributed by atoms with Gasteiger partial charge in [0.25, 0.3) is 0 Å². The van der Waals surface area contributed by atoms with Crippen molar-refractivity contribution in [1.82, 2.24) is 20.2 Å². The maximum Gasteiger partial charge on any atom is 0.214 e. The molecule has 2 aromatic carbocycles. The first kappa shape index (κ1) is 17.4. The van der Waals surface area contributed by atoms with Crippen LogP contribution in [0.1, 0.15) is 35.3 Å². The van der Waals surface area contributed by atoms with Crippen LogP contribution in [-0.2, 0) is 12.8 Å². The Labute approximate surface area is 151 Å². The summed E-state index contributed by atoms with van der Waals surface area (Å²) in [6, 6.07) is 15.8. The lowest BCUT2D eigenvalue weighted by atomic mass is 9.98. The van der Waals surface area contributed by atoms with Crippen molar-refractivity contribution < 1.29 is 4.79 Å². The van der Waals surface area contributed by atoms with Crippen molar-refractivity contribution in [2.24, 2.45) is 0 Å². The molecule has 0 saturated carbocycles. The molecular formula is C19H20N4OS. The zero-order valence-electron chi connectivity index (χ0n) is 14.3. The van der Waals surface area contributed by atoms with Gasteiger partial charge in [-0.05, 0) is 52.6 Å². The molecule has 128 valence electrons. The van der Waals surface area contributed by atoms with E-state index < -0.39 is 0 Å². The Morgan fingerprint density at radius 3 is 2.60 bits per heavy atom. The second-order valence-electron chi connectivity index (χ2n) is 5.62. The van der Waals surface area contributed by atoms with Crippen molar-refractivity contribution in [2.75, 3.05) is 5.75 Å². The lowest BCUT2D eigenvalue weighted by molar-refractivity contribution is 0.102. The number of rotatable bonds is 7. The second-order valence-corrected chi connectivity index (χ2v) is 6.56. The number of aromatic nitrogens is 4. The fourth-order valence-corrected chi connectivity index (χ4v) is 3.39. The van der Waals surface area contributed by atoms with Gasteiger partial charge < -0.3 is 0 Å². The number of benzene rings is 2. The number of para-hydroxylation sites is 1. The normalized spacial score (nSPS) is 10.8. The predicted molar refractivity (Wildman–Crippen MR) is 99.4 cm³/mol. The van der Waals surface area contributed by atoms with Crippen molar-refractivity contribution in [3.63, 3.8) is 0 Å². The molecule has 3 aromatic rings. The monoisotopic (exact) mass is 352 g/mol. The average Bonchev–Trinajstić information content (AvgIpc) is 3.14. The van der Waals surface area contributed by atoms with Crippen LogP contribution in [0.4, 0.5) is 0 Å². The predicted octanol–water partition coefficient (Wildman–Crippen LogP) is 3.76. The topological polar surface area (TPSA) is 60.7 Å². The van der Waals surface area contributed by atoms with Crippen LogP contribution in [0.2, 0.25) is 0 Å². The number of hydrogen-bond acceptors (Lipinski definition) is 5. The van der Waals surface area contributed by atoms with Gasteiger partial charge in [0.2, 0.25) is 5.16 Å². The third-order valence-corrected chi connectivity index (χ3v) is 4.96. The van der Waals surface area contributed by atoms with E-state index in [0.717, 1.165) is 29.7 Å². The van der Waals surface area contributed by atoms with Crippen LogP contribution in [0, 0.1) is 0 Å². The highest BCUT2D eigenvalue weighted by atomic mass is 32.2. The Balaban J connectivity index is 1.77. The molecule has 0 saturated heterocycles. The number of carbonyl (C=O) groups excluding carboxylic acids is 1. The summed E-state index contributed by atoms with van der Waals surface area (Å²) in [6.07, 6.45) is 1.77. The van der Waals surface area contributed by atoms with Crippen LogP contribution in [-0.4, -0.2) is 31.7 Å². The van der Waals surface area contributed by atoms with E-state index in [1.54, 1.807) is 4.68 Å². The minimum atomic E-state index is 0.111. The quantitative estimate of drug-likeness (QED) is 0.478. The van der Waals surface area contributed by atoms with Gasteiger partial charge in [0.05, 0.1) is 11.4 Å². The lowest BCUT2D eigenvalue weighted by Crippen LogP contribution is -2.08. The zero-order valence-corrected chi connectivity index (χ0v) is 15.2. The fraction of sp³-hybridized carbons (Fsp3) is 0.263. The summed E-state index contributed by atoms with van der Waals surface area (Å²) in [7, 11) is 0. The van der Waals surface area contributed by atoms with Gasteiger partial charge in [-0.3, -0.25) is 4.79 Å². The van der Waals surface area contributed by atoms with Gasteiger partial charge >= 0.3 is 0 Å². The maximum absolute atomic E-state index is 12.7. The Bertz CT molecular complexity index is 861. The number of ketones is 1. The summed E-state index contributed by atoms with van der Waals surface area (Å²) < 4.78 is 1.65. The first-order chi connectivity index (χ1) is 12.2. The molecule has 0 aliphatic carbocycles. The third kappa shape index (κ3) is 3.96. The third-order valence-electron chi connectivity index (χ3n) is 4.04. The molecule has 0 aliphatic heterocycles. The minimum Gasteiger partial charge on any atom is -0.293 e. The second kappa shape index (κ2) is 8.07. The van der Waals surface area contributed by atoms with Crippen LogP contribution in [0.25, 0.3) is 5.69 Å². The number of thioether (sulfide) groups is 1. The van der Waals surface area contributed by atoms with E-state index in [-0.39, 0.29) is 5.78 Å². The SMILES string of the molecule is CCc1ccc(CC)c(C(=O)CSc2nnnn2-c2ccccc2)c1. The Morgan fingerprint density at radius 1 is 1.08 bits per heavy atom. The van der Waals surface area contributed by atoms with E-state index >= 15 is 0 Å². The molecule has 0 N–H and O–H groups in total. The summed E-state index contributed by atoms with van der Waals surface area (Å²) in [4.78, 5) is 12.7. The highest BCUT2D eigenvalue weighted by Gasteiger charge is 2.15.